The highest BCUT2D eigenvalue weighted by molar-refractivity contribution is 5.75. The van der Waals surface area contributed by atoms with E-state index in [0.717, 1.165) is 7.11 Å². The maximum Gasteiger partial charge on any atom is 0.322 e. The number of rotatable bonds is 10. The number of nitrogens with two attached hydrogens (primary N) is 1. The van der Waals surface area contributed by atoms with Gasteiger partial charge in [0.2, 0.25) is 0 Å². The lowest BCUT2D eigenvalue weighted by molar-refractivity contribution is -0.142. The van der Waals surface area contributed by atoms with Crippen molar-refractivity contribution in [2.75, 3.05) is 26.8 Å². The van der Waals surface area contributed by atoms with Gasteiger partial charge < -0.3 is 20.5 Å². The first-order chi connectivity index (χ1) is 9.80. The fourth-order valence-electron chi connectivity index (χ4n) is 1.06. The minimum absolute atomic E-state index is 0.0442. The Labute approximate surface area is 108 Å². The van der Waals surface area contributed by atoms with E-state index < -0.39 is 18.4 Å². The largest absolute Gasteiger partial charge is 0.468 e. The van der Waals surface area contributed by atoms with E-state index in [1.807, 2.05) is 0 Å². The number of carbonyl (C=O) groups excluding carboxylic acids is 2. The smallest absolute Gasteiger partial charge is 0.322 e. The number of nitrogens with one attached hydrogen (secondary N) is 1. The van der Waals surface area contributed by atoms with Gasteiger partial charge >= 0.3 is 11.9 Å². The standard InChI is InChI=1S/C11H22N2O4/c1-3-17-10(14)8-13-7-5-4-6-9(12)11(15)16-2/h9,13H,3-8,12H2,1-2H3/t9-/m0/s1/i6D,9D/hD2/t6?,9-. The zero-order chi connectivity index (χ0) is 16.5. The lowest BCUT2D eigenvalue weighted by Gasteiger charge is -2.08. The molecule has 0 aliphatic rings. The first-order valence-corrected chi connectivity index (χ1v) is 5.45. The maximum absolute atomic E-state index is 11.5. The summed E-state index contributed by atoms with van der Waals surface area (Å²) in [6.45, 7) is 2.44. The van der Waals surface area contributed by atoms with Gasteiger partial charge in [0.25, 0.3) is 0 Å². The molecule has 2 atom stereocenters. The molecule has 0 rings (SSSR count). The fraction of sp³-hybridized carbons (Fsp3) is 0.818. The number of hydrogen-bond acceptors (Lipinski definition) is 6. The predicted octanol–water partition coefficient (Wildman–Crippen LogP) is -0.190. The van der Waals surface area contributed by atoms with E-state index in [9.17, 15) is 9.59 Å². The van der Waals surface area contributed by atoms with E-state index in [1.165, 1.54) is 0 Å². The highest BCUT2D eigenvalue weighted by Gasteiger charge is 2.12. The van der Waals surface area contributed by atoms with E-state index in [1.54, 1.807) is 6.92 Å². The summed E-state index contributed by atoms with van der Waals surface area (Å²) in [5.74, 6) is -1.50. The summed E-state index contributed by atoms with van der Waals surface area (Å²) in [5, 5.41) is 2.81. The topological polar surface area (TPSA) is 90.6 Å². The molecule has 0 aromatic carbocycles. The SMILES string of the molecule is [2H]C(CCCNCC(=O)OCC)[C@@]([2H])(C(=O)OC)N([2H])[2H]. The van der Waals surface area contributed by atoms with Gasteiger partial charge in [-0.2, -0.15) is 0 Å². The molecule has 0 bridgehead atoms. The van der Waals surface area contributed by atoms with Crippen molar-refractivity contribution in [3.63, 3.8) is 0 Å². The van der Waals surface area contributed by atoms with Crippen LogP contribution in [0.25, 0.3) is 0 Å². The van der Waals surface area contributed by atoms with Crippen LogP contribution >= 0.6 is 0 Å². The molecule has 6 nitrogen and oxygen atoms in total. The summed E-state index contributed by atoms with van der Waals surface area (Å²) in [5.41, 5.74) is -0.122. The Kier molecular flexibility index (Phi) is 5.82. The molecule has 0 aromatic rings. The molecule has 0 fully saturated rings. The second-order valence-corrected chi connectivity index (χ2v) is 3.20. The highest BCUT2D eigenvalue weighted by atomic mass is 16.5. The van der Waals surface area contributed by atoms with Crippen LogP contribution in [-0.4, -0.2) is 44.8 Å². The monoisotopic (exact) mass is 250 g/mol. The summed E-state index contributed by atoms with van der Waals surface area (Å²) in [7, 11) is 1.04. The Morgan fingerprint density at radius 3 is 2.94 bits per heavy atom. The Morgan fingerprint density at radius 2 is 2.35 bits per heavy atom. The van der Waals surface area contributed by atoms with E-state index in [-0.39, 0.29) is 24.7 Å². The molecule has 0 spiro atoms. The molecule has 1 unspecified atom stereocenters. The molecule has 6 heteroatoms. The summed E-state index contributed by atoms with van der Waals surface area (Å²) < 4.78 is 38.9. The van der Waals surface area contributed by atoms with Gasteiger partial charge in [0.15, 0.2) is 0 Å². The third-order valence-electron chi connectivity index (χ3n) is 1.86. The normalized spacial score (nSPS) is 19.2. The Balaban J connectivity index is 4.19. The van der Waals surface area contributed by atoms with E-state index in [4.69, 9.17) is 10.3 Å². The summed E-state index contributed by atoms with van der Waals surface area (Å²) in [6.07, 6.45) is -0.814. The van der Waals surface area contributed by atoms with Crippen molar-refractivity contribution >= 4 is 11.9 Å². The fourth-order valence-corrected chi connectivity index (χ4v) is 1.06. The molecule has 0 heterocycles. The van der Waals surface area contributed by atoms with Gasteiger partial charge in [-0.3, -0.25) is 9.59 Å². The molecule has 0 saturated heterocycles. The van der Waals surface area contributed by atoms with Crippen LogP contribution in [0.3, 0.4) is 0 Å². The third-order valence-corrected chi connectivity index (χ3v) is 1.86. The van der Waals surface area contributed by atoms with Gasteiger partial charge in [0.05, 0.1) is 21.6 Å². The Morgan fingerprint density at radius 1 is 1.59 bits per heavy atom. The Bertz CT molecular complexity index is 346. The molecule has 0 aliphatic carbocycles. The van der Waals surface area contributed by atoms with Crippen molar-refractivity contribution in [2.24, 2.45) is 5.72 Å². The van der Waals surface area contributed by atoms with E-state index in [0.29, 0.717) is 19.6 Å². The second-order valence-electron chi connectivity index (χ2n) is 3.20. The van der Waals surface area contributed by atoms with Crippen LogP contribution in [0.5, 0.6) is 0 Å². The molecular weight excluding hydrogens is 224 g/mol. The van der Waals surface area contributed by atoms with Crippen molar-refractivity contribution in [1.29, 1.82) is 0 Å². The summed E-state index contributed by atoms with van der Waals surface area (Å²) >= 11 is 0. The van der Waals surface area contributed by atoms with Crippen LogP contribution < -0.4 is 11.0 Å². The van der Waals surface area contributed by atoms with Gasteiger partial charge in [-0.25, -0.2) is 0 Å². The highest BCUT2D eigenvalue weighted by Crippen LogP contribution is 1.99. The van der Waals surface area contributed by atoms with Crippen molar-refractivity contribution in [3.05, 3.63) is 0 Å². The van der Waals surface area contributed by atoms with Crippen LogP contribution in [-0.2, 0) is 19.1 Å². The molecule has 3 N–H and O–H groups in total. The van der Waals surface area contributed by atoms with E-state index >= 15 is 0 Å². The van der Waals surface area contributed by atoms with Crippen molar-refractivity contribution in [1.82, 2.24) is 5.32 Å². The average molecular weight is 250 g/mol. The van der Waals surface area contributed by atoms with Crippen molar-refractivity contribution in [3.8, 4) is 0 Å². The first kappa shape index (κ1) is 9.85. The predicted molar refractivity (Wildman–Crippen MR) is 63.3 cm³/mol. The zero-order valence-corrected chi connectivity index (χ0v) is 10.2. The number of hydrogen-bond donors (Lipinski definition) is 2. The molecule has 0 amide bonds. The second kappa shape index (κ2) is 10.0. The number of carbonyl (C=O) groups is 2. The minimum Gasteiger partial charge on any atom is -0.468 e. The van der Waals surface area contributed by atoms with Gasteiger partial charge in [-0.1, -0.05) is 6.42 Å². The third kappa shape index (κ3) is 8.65. The van der Waals surface area contributed by atoms with Gasteiger partial charge in [-0.15, -0.1) is 0 Å². The van der Waals surface area contributed by atoms with Crippen LogP contribution in [0.2, 0.25) is 2.82 Å². The van der Waals surface area contributed by atoms with Crippen LogP contribution in [0, 0.1) is 0 Å². The lowest BCUT2D eigenvalue weighted by atomic mass is 10.1. The van der Waals surface area contributed by atoms with E-state index in [2.05, 4.69) is 10.1 Å². The summed E-state index contributed by atoms with van der Waals surface area (Å²) in [4.78, 5) is 22.5. The summed E-state index contributed by atoms with van der Waals surface area (Å²) in [6, 6.07) is -2.39. The molecular formula is C11H22N2O4. The van der Waals surface area contributed by atoms with Crippen molar-refractivity contribution < 1.29 is 24.6 Å². The molecule has 0 aliphatic heterocycles. The van der Waals surface area contributed by atoms with Crippen LogP contribution in [0.1, 0.15) is 28.9 Å². The maximum atomic E-state index is 11.5. The molecule has 100 valence electrons. The number of esters is 2. The van der Waals surface area contributed by atoms with Gasteiger partial charge in [0.1, 0.15) is 8.84 Å². The number of ether oxygens (including phenoxy) is 2. The Hall–Kier alpha value is -1.14. The minimum atomic E-state index is -2.39. The van der Waals surface area contributed by atoms with Crippen LogP contribution in [0.4, 0.5) is 0 Å². The number of methoxy groups -OCH3 is 1. The molecule has 17 heavy (non-hydrogen) atoms. The average Bonchev–Trinajstić information content (AvgIpc) is 2.44. The lowest BCUT2D eigenvalue weighted by Crippen LogP contribution is -2.31. The zero-order valence-electron chi connectivity index (χ0n) is 14.2. The molecule has 0 saturated carbocycles. The van der Waals surface area contributed by atoms with Crippen LogP contribution in [0.15, 0.2) is 0 Å². The first-order valence-electron chi connectivity index (χ1n) is 7.42. The van der Waals surface area contributed by atoms with Gasteiger partial charge in [0, 0.05) is 1.37 Å². The molecule has 0 radical (unpaired) electrons. The van der Waals surface area contributed by atoms with Crippen molar-refractivity contribution in [2.45, 2.75) is 32.2 Å². The molecule has 0 aromatic heterocycles. The van der Waals surface area contributed by atoms with Gasteiger partial charge in [-0.05, 0) is 26.3 Å². The quantitative estimate of drug-likeness (QED) is 0.412.